The van der Waals surface area contributed by atoms with Crippen LogP contribution in [0.3, 0.4) is 0 Å². The van der Waals surface area contributed by atoms with Crippen molar-refractivity contribution < 1.29 is 4.79 Å². The van der Waals surface area contributed by atoms with Crippen LogP contribution in [0.4, 0.5) is 5.95 Å². The molecular formula is C16H17ClN6O. The van der Waals surface area contributed by atoms with Gasteiger partial charge in [0.25, 0.3) is 5.91 Å². The first-order valence-corrected chi connectivity index (χ1v) is 7.77. The van der Waals surface area contributed by atoms with Crippen molar-refractivity contribution in [3.63, 3.8) is 0 Å². The van der Waals surface area contributed by atoms with E-state index in [1.807, 2.05) is 31.2 Å². The zero-order valence-corrected chi connectivity index (χ0v) is 14.4. The smallest absolute Gasteiger partial charge is 0.277 e. The molecule has 24 heavy (non-hydrogen) atoms. The Morgan fingerprint density at radius 1 is 1.21 bits per heavy atom. The third kappa shape index (κ3) is 3.30. The summed E-state index contributed by atoms with van der Waals surface area (Å²) in [6, 6.07) is 8.16. The topological polar surface area (TPSA) is 77.6 Å². The van der Waals surface area contributed by atoms with Gasteiger partial charge in [0.2, 0.25) is 5.95 Å². The number of halogens is 1. The lowest BCUT2D eigenvalue weighted by Crippen LogP contribution is -2.17. The highest BCUT2D eigenvalue weighted by atomic mass is 35.5. The maximum Gasteiger partial charge on any atom is 0.277 e. The molecule has 2 aromatic heterocycles. The van der Waals surface area contributed by atoms with Gasteiger partial charge in [-0.3, -0.25) is 14.8 Å². The van der Waals surface area contributed by atoms with Crippen molar-refractivity contribution >= 4 is 23.5 Å². The first kappa shape index (κ1) is 16.2. The first-order chi connectivity index (χ1) is 11.4. The summed E-state index contributed by atoms with van der Waals surface area (Å²) in [6.07, 6.45) is 1.57. The highest BCUT2D eigenvalue weighted by molar-refractivity contribution is 6.34. The number of amides is 1. The second-order valence-corrected chi connectivity index (χ2v) is 5.96. The summed E-state index contributed by atoms with van der Waals surface area (Å²) in [7, 11) is 1.66. The molecule has 0 unspecified atom stereocenters. The Balaban J connectivity index is 1.71. The summed E-state index contributed by atoms with van der Waals surface area (Å²) in [5, 5.41) is 11.3. The monoisotopic (exact) mass is 344 g/mol. The molecule has 8 heteroatoms. The molecule has 0 aliphatic carbocycles. The normalized spacial score (nSPS) is 10.8. The van der Waals surface area contributed by atoms with Crippen molar-refractivity contribution in [3.8, 4) is 0 Å². The van der Waals surface area contributed by atoms with E-state index in [9.17, 15) is 4.79 Å². The predicted octanol–water partition coefficient (Wildman–Crippen LogP) is 2.58. The number of carbonyl (C=O) groups excluding carboxylic acids is 1. The van der Waals surface area contributed by atoms with Crippen LogP contribution in [-0.4, -0.2) is 30.5 Å². The summed E-state index contributed by atoms with van der Waals surface area (Å²) in [5.74, 6) is -0.168. The Morgan fingerprint density at radius 3 is 2.54 bits per heavy atom. The highest BCUT2D eigenvalue weighted by Gasteiger charge is 2.19. The molecule has 124 valence electrons. The van der Waals surface area contributed by atoms with Crippen LogP contribution >= 0.6 is 11.6 Å². The average Bonchev–Trinajstić information content (AvgIpc) is 3.06. The van der Waals surface area contributed by atoms with Gasteiger partial charge in [0.15, 0.2) is 0 Å². The number of hydrogen-bond acceptors (Lipinski definition) is 4. The fourth-order valence-corrected chi connectivity index (χ4v) is 2.59. The number of hydrogen-bond donors (Lipinski definition) is 1. The fraction of sp³-hybridized carbons (Fsp3) is 0.250. The van der Waals surface area contributed by atoms with Crippen LogP contribution in [0.25, 0.3) is 0 Å². The van der Waals surface area contributed by atoms with Crippen LogP contribution in [0, 0.1) is 13.8 Å². The number of anilines is 1. The zero-order chi connectivity index (χ0) is 17.3. The van der Waals surface area contributed by atoms with E-state index in [1.54, 1.807) is 25.0 Å². The minimum atomic E-state index is -0.392. The van der Waals surface area contributed by atoms with Gasteiger partial charge in [-0.2, -0.15) is 5.10 Å². The molecule has 7 nitrogen and oxygen atoms in total. The van der Waals surface area contributed by atoms with Gasteiger partial charge in [-0.15, -0.1) is 5.10 Å². The van der Waals surface area contributed by atoms with Gasteiger partial charge in [-0.1, -0.05) is 41.4 Å². The predicted molar refractivity (Wildman–Crippen MR) is 91.2 cm³/mol. The Kier molecular flexibility index (Phi) is 4.35. The van der Waals surface area contributed by atoms with Crippen molar-refractivity contribution in [1.29, 1.82) is 0 Å². The Labute approximate surface area is 144 Å². The quantitative estimate of drug-likeness (QED) is 0.789. The van der Waals surface area contributed by atoms with E-state index in [2.05, 4.69) is 20.5 Å². The Bertz CT molecular complexity index is 881. The Hall–Kier alpha value is -2.67. The fourth-order valence-electron chi connectivity index (χ4n) is 2.35. The molecule has 0 aliphatic rings. The van der Waals surface area contributed by atoms with Gasteiger partial charge >= 0.3 is 0 Å². The lowest BCUT2D eigenvalue weighted by Gasteiger charge is -2.03. The number of aryl methyl sites for hydroxylation is 3. The maximum atomic E-state index is 12.3. The zero-order valence-electron chi connectivity index (χ0n) is 13.6. The lowest BCUT2D eigenvalue weighted by atomic mass is 10.1. The average molecular weight is 345 g/mol. The van der Waals surface area contributed by atoms with Crippen LogP contribution in [-0.2, 0) is 13.6 Å². The maximum absolute atomic E-state index is 12.3. The number of nitrogens with zero attached hydrogens (tertiary/aromatic N) is 5. The number of aromatic nitrogens is 5. The van der Waals surface area contributed by atoms with E-state index in [0.717, 1.165) is 5.56 Å². The molecule has 1 N–H and O–H groups in total. The van der Waals surface area contributed by atoms with Crippen LogP contribution in [0.2, 0.25) is 5.02 Å². The lowest BCUT2D eigenvalue weighted by molar-refractivity contribution is 0.101. The number of carbonyl (C=O) groups is 1. The van der Waals surface area contributed by atoms with Crippen LogP contribution in [0.15, 0.2) is 30.6 Å². The minimum absolute atomic E-state index is 0.224. The molecule has 3 rings (SSSR count). The van der Waals surface area contributed by atoms with Crippen molar-refractivity contribution in [2.75, 3.05) is 5.32 Å². The minimum Gasteiger partial charge on any atom is -0.288 e. The first-order valence-electron chi connectivity index (χ1n) is 7.39. The molecule has 2 heterocycles. The standard InChI is InChI=1S/C16H17ClN6O/c1-10-4-6-12(7-5-10)8-23-9-18-16(21-23)19-15(24)14-13(17)11(2)20-22(14)3/h4-7,9H,8H2,1-3H3,(H,19,21,24). The largest absolute Gasteiger partial charge is 0.288 e. The third-order valence-corrected chi connectivity index (χ3v) is 4.04. The highest BCUT2D eigenvalue weighted by Crippen LogP contribution is 2.20. The van der Waals surface area contributed by atoms with Crippen LogP contribution in [0.1, 0.15) is 27.3 Å². The van der Waals surface area contributed by atoms with E-state index in [0.29, 0.717) is 17.3 Å². The number of benzene rings is 1. The van der Waals surface area contributed by atoms with Gasteiger partial charge in [-0.05, 0) is 19.4 Å². The third-order valence-electron chi connectivity index (χ3n) is 3.59. The molecule has 0 aliphatic heterocycles. The molecule has 0 spiro atoms. The summed E-state index contributed by atoms with van der Waals surface area (Å²) in [4.78, 5) is 16.4. The summed E-state index contributed by atoms with van der Waals surface area (Å²) in [5.41, 5.74) is 3.19. The molecule has 0 saturated carbocycles. The Morgan fingerprint density at radius 2 is 1.92 bits per heavy atom. The van der Waals surface area contributed by atoms with E-state index in [-0.39, 0.29) is 11.6 Å². The molecular weight excluding hydrogens is 328 g/mol. The summed E-state index contributed by atoms with van der Waals surface area (Å²) >= 11 is 6.11. The molecule has 0 radical (unpaired) electrons. The second kappa shape index (κ2) is 6.45. The van der Waals surface area contributed by atoms with Gasteiger partial charge in [0, 0.05) is 7.05 Å². The summed E-state index contributed by atoms with van der Waals surface area (Å²) < 4.78 is 3.10. The van der Waals surface area contributed by atoms with E-state index in [4.69, 9.17) is 11.6 Å². The molecule has 3 aromatic rings. The molecule has 0 saturated heterocycles. The number of nitrogens with one attached hydrogen (secondary N) is 1. The van der Waals surface area contributed by atoms with Crippen LogP contribution in [0.5, 0.6) is 0 Å². The van der Waals surface area contributed by atoms with E-state index >= 15 is 0 Å². The van der Waals surface area contributed by atoms with E-state index in [1.165, 1.54) is 10.2 Å². The molecule has 0 fully saturated rings. The summed E-state index contributed by atoms with van der Waals surface area (Å²) in [6.45, 7) is 4.36. The molecule has 0 bridgehead atoms. The second-order valence-electron chi connectivity index (χ2n) is 5.58. The van der Waals surface area contributed by atoms with Gasteiger partial charge in [0.1, 0.15) is 12.0 Å². The molecule has 1 amide bonds. The van der Waals surface area contributed by atoms with Crippen molar-refractivity contribution in [3.05, 3.63) is 58.1 Å². The van der Waals surface area contributed by atoms with Crippen molar-refractivity contribution in [1.82, 2.24) is 24.5 Å². The van der Waals surface area contributed by atoms with Gasteiger partial charge < -0.3 is 0 Å². The van der Waals surface area contributed by atoms with E-state index < -0.39 is 5.91 Å². The van der Waals surface area contributed by atoms with Crippen molar-refractivity contribution in [2.45, 2.75) is 20.4 Å². The number of rotatable bonds is 4. The van der Waals surface area contributed by atoms with Crippen LogP contribution < -0.4 is 5.32 Å². The van der Waals surface area contributed by atoms with Crippen molar-refractivity contribution in [2.24, 2.45) is 7.05 Å². The van der Waals surface area contributed by atoms with Gasteiger partial charge in [-0.25, -0.2) is 9.67 Å². The molecule has 1 aromatic carbocycles. The van der Waals surface area contributed by atoms with Gasteiger partial charge in [0.05, 0.1) is 17.3 Å². The molecule has 0 atom stereocenters. The SMILES string of the molecule is Cc1ccc(Cn2cnc(NC(=O)c3c(Cl)c(C)nn3C)n2)cc1.